The van der Waals surface area contributed by atoms with E-state index in [1.165, 1.54) is 0 Å². The maximum Gasteiger partial charge on any atom is 0.223 e. The molecule has 0 spiro atoms. The number of nitrogens with zero attached hydrogens (tertiary/aromatic N) is 1. The van der Waals surface area contributed by atoms with Crippen molar-refractivity contribution in [2.45, 2.75) is 37.2 Å². The third-order valence-corrected chi connectivity index (χ3v) is 5.02. The number of piperazine rings is 1. The van der Waals surface area contributed by atoms with Crippen LogP contribution in [0, 0.1) is 0 Å². The highest BCUT2D eigenvalue weighted by molar-refractivity contribution is 7.99. The lowest BCUT2D eigenvalue weighted by molar-refractivity contribution is -0.134. The highest BCUT2D eigenvalue weighted by Crippen LogP contribution is 2.21. The molecule has 1 N–H and O–H groups in total. The van der Waals surface area contributed by atoms with Crippen LogP contribution in [0.4, 0.5) is 0 Å². The number of amides is 1. The van der Waals surface area contributed by atoms with Crippen molar-refractivity contribution in [2.75, 3.05) is 18.8 Å². The quantitative estimate of drug-likeness (QED) is 0.845. The Hall–Kier alpha value is -0.420. The predicted octanol–water partition coefficient (Wildman–Crippen LogP) is 3.45. The van der Waals surface area contributed by atoms with E-state index < -0.39 is 0 Å². The van der Waals surface area contributed by atoms with Crippen molar-refractivity contribution in [3.05, 3.63) is 29.3 Å². The highest BCUT2D eigenvalue weighted by Gasteiger charge is 2.27. The minimum absolute atomic E-state index is 0. The molecule has 118 valence electrons. The molecule has 2 unspecified atom stereocenters. The van der Waals surface area contributed by atoms with Gasteiger partial charge in [0.05, 0.1) is 0 Å². The Morgan fingerprint density at radius 3 is 2.71 bits per heavy atom. The number of rotatable bonds is 4. The molecule has 0 aromatic heterocycles. The van der Waals surface area contributed by atoms with E-state index >= 15 is 0 Å². The summed E-state index contributed by atoms with van der Waals surface area (Å²) in [7, 11) is 0. The van der Waals surface area contributed by atoms with Crippen LogP contribution in [0.2, 0.25) is 5.02 Å². The van der Waals surface area contributed by atoms with E-state index in [-0.39, 0.29) is 24.4 Å². The summed E-state index contributed by atoms with van der Waals surface area (Å²) in [5.41, 5.74) is 0. The lowest BCUT2D eigenvalue weighted by Crippen LogP contribution is -2.57. The first-order valence-electron chi connectivity index (χ1n) is 6.99. The Bertz CT molecular complexity index is 455. The molecule has 1 aromatic rings. The molecule has 1 aliphatic heterocycles. The van der Waals surface area contributed by atoms with Crippen molar-refractivity contribution in [3.63, 3.8) is 0 Å². The second kappa shape index (κ2) is 8.89. The minimum Gasteiger partial charge on any atom is -0.337 e. The summed E-state index contributed by atoms with van der Waals surface area (Å²) in [6.07, 6.45) is 0.588. The molecule has 1 fully saturated rings. The van der Waals surface area contributed by atoms with Gasteiger partial charge < -0.3 is 10.2 Å². The van der Waals surface area contributed by atoms with Crippen LogP contribution in [-0.4, -0.2) is 41.7 Å². The number of carbonyl (C=O) groups excluding carboxylic acids is 1. The van der Waals surface area contributed by atoms with Gasteiger partial charge in [-0.3, -0.25) is 4.79 Å². The van der Waals surface area contributed by atoms with Crippen LogP contribution in [0.15, 0.2) is 29.2 Å². The smallest absolute Gasteiger partial charge is 0.223 e. The van der Waals surface area contributed by atoms with Crippen molar-refractivity contribution >= 4 is 41.7 Å². The van der Waals surface area contributed by atoms with Crippen LogP contribution < -0.4 is 5.32 Å². The highest BCUT2D eigenvalue weighted by atomic mass is 35.5. The van der Waals surface area contributed by atoms with Crippen LogP contribution >= 0.6 is 35.8 Å². The molecule has 1 amide bonds. The largest absolute Gasteiger partial charge is 0.337 e. The van der Waals surface area contributed by atoms with Crippen LogP contribution in [-0.2, 0) is 4.79 Å². The second-order valence-electron chi connectivity index (χ2n) is 5.12. The second-order valence-corrected chi connectivity index (χ2v) is 6.73. The van der Waals surface area contributed by atoms with Gasteiger partial charge >= 0.3 is 0 Å². The van der Waals surface area contributed by atoms with E-state index in [1.807, 2.05) is 29.2 Å². The van der Waals surface area contributed by atoms with Crippen LogP contribution in [0.3, 0.4) is 0 Å². The first kappa shape index (κ1) is 18.6. The molecule has 3 nitrogen and oxygen atoms in total. The normalized spacial score (nSPS) is 21.8. The standard InChI is InChI=1S/C15H21ClN2OS.ClH/c1-11-12(2)18(9-8-17-11)15(19)7-10-20-14-5-3-13(16)4-6-14;/h3-6,11-12,17H,7-10H2,1-2H3;1H. The fourth-order valence-corrected chi connectivity index (χ4v) is 3.31. The van der Waals surface area contributed by atoms with E-state index in [1.54, 1.807) is 11.8 Å². The summed E-state index contributed by atoms with van der Waals surface area (Å²) in [6, 6.07) is 8.39. The van der Waals surface area contributed by atoms with Crippen LogP contribution in [0.1, 0.15) is 20.3 Å². The Morgan fingerprint density at radius 2 is 2.05 bits per heavy atom. The maximum absolute atomic E-state index is 12.3. The van der Waals surface area contributed by atoms with E-state index in [2.05, 4.69) is 19.2 Å². The Morgan fingerprint density at radius 1 is 1.38 bits per heavy atom. The van der Waals surface area contributed by atoms with Gasteiger partial charge in [0.2, 0.25) is 5.91 Å². The number of nitrogens with one attached hydrogen (secondary N) is 1. The first-order chi connectivity index (χ1) is 9.58. The molecule has 2 rings (SSSR count). The predicted molar refractivity (Wildman–Crippen MR) is 92.7 cm³/mol. The number of benzene rings is 1. The number of hydrogen-bond donors (Lipinski definition) is 1. The zero-order chi connectivity index (χ0) is 14.5. The molecule has 1 heterocycles. The summed E-state index contributed by atoms with van der Waals surface area (Å²) in [5.74, 6) is 1.07. The summed E-state index contributed by atoms with van der Waals surface area (Å²) < 4.78 is 0. The number of hydrogen-bond acceptors (Lipinski definition) is 3. The van der Waals surface area contributed by atoms with Crippen LogP contribution in [0.5, 0.6) is 0 Å². The van der Waals surface area contributed by atoms with Crippen molar-refractivity contribution in [3.8, 4) is 0 Å². The summed E-state index contributed by atoms with van der Waals surface area (Å²) >= 11 is 7.55. The lowest BCUT2D eigenvalue weighted by Gasteiger charge is -2.38. The van der Waals surface area contributed by atoms with Gasteiger partial charge in [-0.25, -0.2) is 0 Å². The molecule has 6 heteroatoms. The molecule has 0 radical (unpaired) electrons. The lowest BCUT2D eigenvalue weighted by atomic mass is 10.1. The molecule has 2 atom stereocenters. The monoisotopic (exact) mass is 348 g/mol. The molecular formula is C15H22Cl2N2OS. The molecule has 1 saturated heterocycles. The molecule has 0 bridgehead atoms. The molecule has 0 saturated carbocycles. The number of halogens is 2. The third-order valence-electron chi connectivity index (χ3n) is 3.75. The van der Waals surface area contributed by atoms with E-state index in [0.717, 1.165) is 28.8 Å². The SMILES string of the molecule is CC1NCCN(C(=O)CCSc2ccc(Cl)cc2)C1C.Cl. The topological polar surface area (TPSA) is 32.3 Å². The average molecular weight is 349 g/mol. The first-order valence-corrected chi connectivity index (χ1v) is 8.35. The van der Waals surface area contributed by atoms with Gasteiger partial charge in [-0.2, -0.15) is 0 Å². The van der Waals surface area contributed by atoms with E-state index in [9.17, 15) is 4.79 Å². The van der Waals surface area contributed by atoms with Crippen molar-refractivity contribution in [2.24, 2.45) is 0 Å². The van der Waals surface area contributed by atoms with E-state index in [4.69, 9.17) is 11.6 Å². The minimum atomic E-state index is 0. The van der Waals surface area contributed by atoms with Gasteiger partial charge in [0, 0.05) is 47.3 Å². The zero-order valence-corrected chi connectivity index (χ0v) is 14.7. The Kier molecular flexibility index (Phi) is 7.88. The fraction of sp³-hybridized carbons (Fsp3) is 0.533. The van der Waals surface area contributed by atoms with E-state index in [0.29, 0.717) is 12.5 Å². The molecule has 21 heavy (non-hydrogen) atoms. The molecule has 1 aromatic carbocycles. The van der Waals surface area contributed by atoms with Crippen molar-refractivity contribution in [1.82, 2.24) is 10.2 Å². The van der Waals surface area contributed by atoms with Gasteiger partial charge in [0.1, 0.15) is 0 Å². The molecular weight excluding hydrogens is 327 g/mol. The average Bonchev–Trinajstić information content (AvgIpc) is 2.44. The molecule has 1 aliphatic rings. The van der Waals surface area contributed by atoms with Gasteiger partial charge in [-0.05, 0) is 38.1 Å². The van der Waals surface area contributed by atoms with Gasteiger partial charge in [-0.15, -0.1) is 24.2 Å². The van der Waals surface area contributed by atoms with Gasteiger partial charge in [0.25, 0.3) is 0 Å². The Balaban J connectivity index is 0.00000220. The summed E-state index contributed by atoms with van der Waals surface area (Å²) in [5, 5.41) is 4.14. The molecule has 0 aliphatic carbocycles. The number of thioether (sulfide) groups is 1. The van der Waals surface area contributed by atoms with Gasteiger partial charge in [-0.1, -0.05) is 11.6 Å². The summed E-state index contributed by atoms with van der Waals surface area (Å²) in [6.45, 7) is 5.95. The zero-order valence-electron chi connectivity index (χ0n) is 12.3. The van der Waals surface area contributed by atoms with Gasteiger partial charge in [0.15, 0.2) is 0 Å². The third kappa shape index (κ3) is 5.37. The van der Waals surface area contributed by atoms with Crippen molar-refractivity contribution in [1.29, 1.82) is 0 Å². The number of carbonyl (C=O) groups is 1. The van der Waals surface area contributed by atoms with Crippen molar-refractivity contribution < 1.29 is 4.79 Å². The summed E-state index contributed by atoms with van der Waals surface area (Å²) in [4.78, 5) is 15.4. The maximum atomic E-state index is 12.3. The Labute approximate surface area is 142 Å². The fourth-order valence-electron chi connectivity index (χ4n) is 2.34. The van der Waals surface area contributed by atoms with Crippen LogP contribution in [0.25, 0.3) is 0 Å².